The van der Waals surface area contributed by atoms with E-state index in [1.807, 2.05) is 0 Å². The second-order valence-corrected chi connectivity index (χ2v) is 6.50. The van der Waals surface area contributed by atoms with Crippen molar-refractivity contribution in [3.8, 4) is 0 Å². The van der Waals surface area contributed by atoms with Gasteiger partial charge in [0.2, 0.25) is 0 Å². The Balaban J connectivity index is 1.97. The third-order valence-electron chi connectivity index (χ3n) is 5.24. The van der Waals surface area contributed by atoms with Crippen LogP contribution in [-0.2, 0) is 0 Å². The Morgan fingerprint density at radius 2 is 1.95 bits per heavy atom. The lowest BCUT2D eigenvalue weighted by molar-refractivity contribution is 0.167. The smallest absolute Gasteiger partial charge is 0.134 e. The molecule has 0 radical (unpaired) electrons. The second kappa shape index (κ2) is 6.23. The van der Waals surface area contributed by atoms with Crippen LogP contribution in [0.5, 0.6) is 0 Å². The first-order valence-electron chi connectivity index (χ1n) is 8.51. The van der Waals surface area contributed by atoms with Gasteiger partial charge in [-0.1, -0.05) is 44.9 Å². The fourth-order valence-electron chi connectivity index (χ4n) is 3.98. The monoisotopic (exact) mass is 285 g/mol. The molecule has 3 rings (SSSR count). The minimum atomic E-state index is 0.359. The molecule has 1 atom stereocenters. The van der Waals surface area contributed by atoms with Gasteiger partial charge in [0.1, 0.15) is 11.3 Å². The van der Waals surface area contributed by atoms with Crippen molar-refractivity contribution >= 4 is 11.0 Å². The molecule has 114 valence electrons. The van der Waals surface area contributed by atoms with Crippen LogP contribution in [0.3, 0.4) is 0 Å². The van der Waals surface area contributed by atoms with Crippen LogP contribution < -0.4 is 5.32 Å². The molecule has 1 heterocycles. The first kappa shape index (κ1) is 14.6. The largest absolute Gasteiger partial charge is 0.459 e. The van der Waals surface area contributed by atoms with Crippen molar-refractivity contribution in [1.82, 2.24) is 5.32 Å². The summed E-state index contributed by atoms with van der Waals surface area (Å²) in [6.45, 7) is 5.63. The van der Waals surface area contributed by atoms with Crippen molar-refractivity contribution in [3.05, 3.63) is 36.1 Å². The Morgan fingerprint density at radius 1 is 1.19 bits per heavy atom. The highest BCUT2D eigenvalue weighted by Gasteiger charge is 2.41. The maximum Gasteiger partial charge on any atom is 0.134 e. The molecular formula is C19H27NO. The topological polar surface area (TPSA) is 25.2 Å². The molecule has 0 bridgehead atoms. The SMILES string of the molecule is CCCNC(c1cc2ccccc2o1)C1(CC)CCCC1. The molecule has 1 saturated carbocycles. The van der Waals surface area contributed by atoms with Crippen molar-refractivity contribution < 1.29 is 4.42 Å². The van der Waals surface area contributed by atoms with Gasteiger partial charge in [-0.05, 0) is 49.8 Å². The van der Waals surface area contributed by atoms with Gasteiger partial charge in [0.15, 0.2) is 0 Å². The van der Waals surface area contributed by atoms with E-state index in [1.54, 1.807) is 0 Å². The van der Waals surface area contributed by atoms with Crippen LogP contribution in [0.25, 0.3) is 11.0 Å². The molecule has 1 unspecified atom stereocenters. The fourth-order valence-corrected chi connectivity index (χ4v) is 3.98. The van der Waals surface area contributed by atoms with E-state index in [4.69, 9.17) is 4.42 Å². The minimum absolute atomic E-state index is 0.359. The summed E-state index contributed by atoms with van der Waals surface area (Å²) in [7, 11) is 0. The van der Waals surface area contributed by atoms with Gasteiger partial charge in [0.05, 0.1) is 6.04 Å². The van der Waals surface area contributed by atoms with Gasteiger partial charge >= 0.3 is 0 Å². The molecular weight excluding hydrogens is 258 g/mol. The third kappa shape index (κ3) is 2.74. The van der Waals surface area contributed by atoms with Crippen LogP contribution in [0.1, 0.15) is 64.2 Å². The minimum Gasteiger partial charge on any atom is -0.459 e. The van der Waals surface area contributed by atoms with Gasteiger partial charge in [0.25, 0.3) is 0 Å². The van der Waals surface area contributed by atoms with E-state index in [-0.39, 0.29) is 0 Å². The number of para-hydroxylation sites is 1. The summed E-state index contributed by atoms with van der Waals surface area (Å²) < 4.78 is 6.20. The predicted molar refractivity (Wildman–Crippen MR) is 88.4 cm³/mol. The van der Waals surface area contributed by atoms with Gasteiger partial charge in [-0.2, -0.15) is 0 Å². The van der Waals surface area contributed by atoms with E-state index in [0.29, 0.717) is 11.5 Å². The maximum atomic E-state index is 6.20. The Labute approximate surface area is 127 Å². The normalized spacial score (nSPS) is 19.1. The molecule has 1 fully saturated rings. The summed E-state index contributed by atoms with van der Waals surface area (Å²) in [5.74, 6) is 1.13. The highest BCUT2D eigenvalue weighted by Crippen LogP contribution is 2.50. The summed E-state index contributed by atoms with van der Waals surface area (Å²) in [5.41, 5.74) is 1.39. The molecule has 1 aromatic heterocycles. The zero-order valence-corrected chi connectivity index (χ0v) is 13.3. The summed E-state index contributed by atoms with van der Waals surface area (Å²) in [5, 5.41) is 5.01. The van der Waals surface area contributed by atoms with Gasteiger partial charge in [-0.15, -0.1) is 0 Å². The van der Waals surface area contributed by atoms with Gasteiger partial charge in [-0.25, -0.2) is 0 Å². The van der Waals surface area contributed by atoms with Gasteiger partial charge in [-0.3, -0.25) is 0 Å². The molecule has 1 aliphatic rings. The Kier molecular flexibility index (Phi) is 4.34. The lowest BCUT2D eigenvalue weighted by Gasteiger charge is -2.36. The van der Waals surface area contributed by atoms with Gasteiger partial charge in [0, 0.05) is 5.39 Å². The molecule has 0 saturated heterocycles. The van der Waals surface area contributed by atoms with Gasteiger partial charge < -0.3 is 9.73 Å². The predicted octanol–water partition coefficient (Wildman–Crippen LogP) is 5.44. The number of furan rings is 1. The maximum absolute atomic E-state index is 6.20. The van der Waals surface area contributed by atoms with Crippen molar-refractivity contribution in [3.63, 3.8) is 0 Å². The zero-order valence-electron chi connectivity index (χ0n) is 13.3. The Hall–Kier alpha value is -1.28. The summed E-state index contributed by atoms with van der Waals surface area (Å²) >= 11 is 0. The van der Waals surface area contributed by atoms with Crippen molar-refractivity contribution in [2.45, 2.75) is 58.4 Å². The average Bonchev–Trinajstić information content (AvgIpc) is 3.14. The molecule has 2 nitrogen and oxygen atoms in total. The summed E-state index contributed by atoms with van der Waals surface area (Å²) in [6.07, 6.45) is 7.75. The standard InChI is InChI=1S/C19H27NO/c1-3-13-20-18(19(4-2)11-7-8-12-19)17-14-15-9-5-6-10-16(15)21-17/h5-6,9-10,14,18,20H,3-4,7-8,11-13H2,1-2H3. The summed E-state index contributed by atoms with van der Waals surface area (Å²) in [4.78, 5) is 0. The van der Waals surface area contributed by atoms with Crippen molar-refractivity contribution in [2.75, 3.05) is 6.54 Å². The van der Waals surface area contributed by atoms with E-state index in [9.17, 15) is 0 Å². The lowest BCUT2D eigenvalue weighted by atomic mass is 9.75. The van der Waals surface area contributed by atoms with Crippen LogP contribution in [0.2, 0.25) is 0 Å². The van der Waals surface area contributed by atoms with Crippen LogP contribution in [-0.4, -0.2) is 6.54 Å². The van der Waals surface area contributed by atoms with Crippen LogP contribution in [0, 0.1) is 5.41 Å². The van der Waals surface area contributed by atoms with Crippen molar-refractivity contribution in [2.24, 2.45) is 5.41 Å². The number of hydrogen-bond acceptors (Lipinski definition) is 2. The van der Waals surface area contributed by atoms with E-state index in [1.165, 1.54) is 37.5 Å². The molecule has 21 heavy (non-hydrogen) atoms. The third-order valence-corrected chi connectivity index (χ3v) is 5.24. The fraction of sp³-hybridized carbons (Fsp3) is 0.579. The van der Waals surface area contributed by atoms with E-state index in [0.717, 1.165) is 24.3 Å². The van der Waals surface area contributed by atoms with E-state index < -0.39 is 0 Å². The van der Waals surface area contributed by atoms with E-state index in [2.05, 4.69) is 49.5 Å². The highest BCUT2D eigenvalue weighted by molar-refractivity contribution is 5.77. The molecule has 0 amide bonds. The molecule has 1 N–H and O–H groups in total. The van der Waals surface area contributed by atoms with Crippen LogP contribution in [0.15, 0.2) is 34.7 Å². The summed E-state index contributed by atoms with van der Waals surface area (Å²) in [6, 6.07) is 11.0. The molecule has 0 aliphatic heterocycles. The zero-order chi connectivity index (χ0) is 14.7. The van der Waals surface area contributed by atoms with E-state index >= 15 is 0 Å². The lowest BCUT2D eigenvalue weighted by Crippen LogP contribution is -2.36. The molecule has 1 aliphatic carbocycles. The van der Waals surface area contributed by atoms with Crippen molar-refractivity contribution in [1.29, 1.82) is 0 Å². The highest BCUT2D eigenvalue weighted by atomic mass is 16.3. The van der Waals surface area contributed by atoms with Crippen LogP contribution in [0.4, 0.5) is 0 Å². The molecule has 2 heteroatoms. The number of rotatable bonds is 6. The number of nitrogens with one attached hydrogen (secondary N) is 1. The van der Waals surface area contributed by atoms with Crippen LogP contribution >= 0.6 is 0 Å². The number of benzene rings is 1. The number of hydrogen-bond donors (Lipinski definition) is 1. The quantitative estimate of drug-likeness (QED) is 0.764. The Bertz CT molecular complexity index is 547. The molecule has 1 aromatic carbocycles. The first-order chi connectivity index (χ1) is 10.3. The Morgan fingerprint density at radius 3 is 2.62 bits per heavy atom. The first-order valence-corrected chi connectivity index (χ1v) is 8.51. The molecule has 0 spiro atoms. The second-order valence-electron chi connectivity index (χ2n) is 6.50. The number of fused-ring (bicyclic) bond motifs is 1. The molecule has 2 aromatic rings. The average molecular weight is 285 g/mol.